The molecule has 0 aliphatic heterocycles. The van der Waals surface area contributed by atoms with Crippen LogP contribution < -0.4 is 4.90 Å². The number of allylic oxidation sites excluding steroid dienone is 4. The Kier molecular flexibility index (Phi) is 9.34. The highest BCUT2D eigenvalue weighted by molar-refractivity contribution is 7.79. The van der Waals surface area contributed by atoms with E-state index < -0.39 is 0 Å². The smallest absolute Gasteiger partial charge is 0.135 e. The summed E-state index contributed by atoms with van der Waals surface area (Å²) in [6, 6.07) is 76.9. The molecule has 0 saturated carbocycles. The Morgan fingerprint density at radius 1 is 0.456 bits per heavy atom. The van der Waals surface area contributed by atoms with Gasteiger partial charge in [0.25, 0.3) is 0 Å². The molecule has 1 N–H and O–H groups in total. The van der Waals surface area contributed by atoms with Crippen LogP contribution in [-0.4, -0.2) is 16.0 Å². The van der Waals surface area contributed by atoms with E-state index in [-0.39, 0.29) is 0 Å². The minimum Gasteiger partial charge on any atom is -0.456 e. The summed E-state index contributed by atoms with van der Waals surface area (Å²) in [6.45, 7) is 0. The van der Waals surface area contributed by atoms with Crippen LogP contribution in [0, 0.1) is 5.41 Å². The molecule has 2 aromatic heterocycles. The molecule has 2 heterocycles. The van der Waals surface area contributed by atoms with Crippen LogP contribution >= 0.6 is 12.8 Å². The number of hydrogen-bond acceptors (Lipinski definition) is 5. The lowest BCUT2D eigenvalue weighted by Gasteiger charge is -2.31. The number of para-hydroxylation sites is 1. The number of nitrogens with one attached hydrogen (secondary N) is 1. The van der Waals surface area contributed by atoms with E-state index in [1.807, 2.05) is 30.3 Å². The maximum atomic E-state index is 9.79. The topological polar surface area (TPSA) is 57.5 Å². The molecule has 12 aromatic rings. The normalized spacial score (nSPS) is 13.6. The van der Waals surface area contributed by atoms with E-state index in [1.165, 1.54) is 37.8 Å². The standard InChI is InChI=1S/C62H40N4OS/c63-60-50(43-23-30-47(31-24-43)66-55-34-26-41-13-4-6-17-49(41)59(55)53-32-25-42-14-5-7-18-51(42)62(53)66)33-35-56(61(60)64-68)65(46-28-21-40(22-29-46)39-11-2-1-3-12-39)48-16-10-15-44(37-48)45-27-36-58-54(38-45)52-19-8-9-20-57(52)67-58/h1-38,63,68H/b63-60?,64-61-. The highest BCUT2D eigenvalue weighted by Crippen LogP contribution is 2.42. The van der Waals surface area contributed by atoms with Crippen molar-refractivity contribution >= 4 is 106 Å². The molecule has 1 aliphatic rings. The molecular formula is C62H40N4OS. The van der Waals surface area contributed by atoms with Crippen LogP contribution in [0.5, 0.6) is 0 Å². The van der Waals surface area contributed by atoms with Gasteiger partial charge in [-0.05, 0) is 130 Å². The Balaban J connectivity index is 0.923. The first-order valence-corrected chi connectivity index (χ1v) is 23.2. The Bertz CT molecular complexity index is 4100. The van der Waals surface area contributed by atoms with Crippen LogP contribution in [0.4, 0.5) is 11.4 Å². The summed E-state index contributed by atoms with van der Waals surface area (Å²) in [7, 11) is 0. The second-order valence-corrected chi connectivity index (χ2v) is 17.5. The maximum Gasteiger partial charge on any atom is 0.135 e. The molecule has 6 heteroatoms. The second kappa shape index (κ2) is 16.0. The van der Waals surface area contributed by atoms with E-state index in [4.69, 9.17) is 4.42 Å². The first-order valence-electron chi connectivity index (χ1n) is 22.8. The van der Waals surface area contributed by atoms with Crippen LogP contribution in [-0.2, 0) is 0 Å². The van der Waals surface area contributed by atoms with Crippen molar-refractivity contribution in [3.63, 3.8) is 0 Å². The molecule has 13 rings (SSSR count). The predicted molar refractivity (Wildman–Crippen MR) is 289 cm³/mol. The molecule has 0 saturated heterocycles. The summed E-state index contributed by atoms with van der Waals surface area (Å²) in [5.74, 6) is 0. The third kappa shape index (κ3) is 6.41. The maximum absolute atomic E-state index is 9.79. The van der Waals surface area contributed by atoms with E-state index in [0.717, 1.165) is 83.6 Å². The van der Waals surface area contributed by atoms with E-state index >= 15 is 0 Å². The fourth-order valence-corrected chi connectivity index (χ4v) is 10.5. The molecule has 0 unspecified atom stereocenters. The van der Waals surface area contributed by atoms with Crippen molar-refractivity contribution in [1.29, 1.82) is 5.41 Å². The lowest BCUT2D eigenvalue weighted by Crippen LogP contribution is -2.30. The van der Waals surface area contributed by atoms with Crippen LogP contribution in [0.15, 0.2) is 245 Å². The molecule has 1 aliphatic carbocycles. The summed E-state index contributed by atoms with van der Waals surface area (Å²) in [5.41, 5.74) is 14.5. The summed E-state index contributed by atoms with van der Waals surface area (Å²) < 4.78 is 13.1. The van der Waals surface area contributed by atoms with Crippen molar-refractivity contribution in [3.8, 4) is 27.9 Å². The van der Waals surface area contributed by atoms with E-state index in [9.17, 15) is 5.41 Å². The SMILES string of the molecule is N=C1C(c2ccc(-n3c4ccc5ccccc5c4c4ccc5ccccc5c43)cc2)=CC=C(N(c2ccc(-c3ccccc3)cc2)c2cccc(-c3ccc4oc5ccccc5c4c3)c2)/C1=N/S. The van der Waals surface area contributed by atoms with Gasteiger partial charge in [-0.15, -0.1) is 0 Å². The number of aromatic nitrogens is 1. The molecule has 0 bridgehead atoms. The Morgan fingerprint density at radius 3 is 1.90 bits per heavy atom. The summed E-state index contributed by atoms with van der Waals surface area (Å²) >= 11 is 4.57. The predicted octanol–water partition coefficient (Wildman–Crippen LogP) is 16.7. The molecule has 68 heavy (non-hydrogen) atoms. The van der Waals surface area contributed by atoms with E-state index in [0.29, 0.717) is 11.4 Å². The van der Waals surface area contributed by atoms with Gasteiger partial charge in [0.1, 0.15) is 16.9 Å². The second-order valence-electron chi connectivity index (χ2n) is 17.3. The van der Waals surface area contributed by atoms with Crippen molar-refractivity contribution in [1.82, 2.24) is 4.57 Å². The lowest BCUT2D eigenvalue weighted by molar-refractivity contribution is 0.669. The fourth-order valence-electron chi connectivity index (χ4n) is 10.3. The van der Waals surface area contributed by atoms with E-state index in [1.54, 1.807) is 0 Å². The molecular weight excluding hydrogens is 849 g/mol. The molecule has 0 spiro atoms. The van der Waals surface area contributed by atoms with Gasteiger partial charge in [-0.3, -0.25) is 5.41 Å². The van der Waals surface area contributed by atoms with Crippen LogP contribution in [0.2, 0.25) is 0 Å². The van der Waals surface area contributed by atoms with Crippen molar-refractivity contribution in [2.75, 3.05) is 4.90 Å². The number of anilines is 2. The Labute approximate surface area is 397 Å². The molecule has 5 nitrogen and oxygen atoms in total. The molecule has 0 atom stereocenters. The van der Waals surface area contributed by atoms with Gasteiger partial charge in [0.05, 0.1) is 22.4 Å². The fraction of sp³-hybridized carbons (Fsp3) is 0. The summed E-state index contributed by atoms with van der Waals surface area (Å²) in [4.78, 5) is 2.18. The van der Waals surface area contributed by atoms with E-state index in [2.05, 4.69) is 227 Å². The molecule has 0 radical (unpaired) electrons. The van der Waals surface area contributed by atoms with Gasteiger partial charge in [0.2, 0.25) is 0 Å². The molecule has 0 fully saturated rings. The van der Waals surface area contributed by atoms with Gasteiger partial charge >= 0.3 is 0 Å². The first kappa shape index (κ1) is 39.6. The van der Waals surface area contributed by atoms with Gasteiger partial charge < -0.3 is 13.9 Å². The largest absolute Gasteiger partial charge is 0.456 e. The van der Waals surface area contributed by atoms with Crippen LogP contribution in [0.3, 0.4) is 0 Å². The zero-order valence-corrected chi connectivity index (χ0v) is 37.5. The minimum absolute atomic E-state index is 0.291. The number of rotatable bonds is 7. The van der Waals surface area contributed by atoms with Gasteiger partial charge in [-0.1, -0.05) is 158 Å². The average molecular weight is 889 g/mol. The van der Waals surface area contributed by atoms with Crippen LogP contribution in [0.1, 0.15) is 5.56 Å². The Hall–Kier alpha value is -8.71. The van der Waals surface area contributed by atoms with Gasteiger partial charge in [0, 0.05) is 49.6 Å². The zero-order chi connectivity index (χ0) is 45.3. The number of hydrogen-bond donors (Lipinski definition) is 2. The monoisotopic (exact) mass is 888 g/mol. The van der Waals surface area contributed by atoms with Crippen molar-refractivity contribution in [2.24, 2.45) is 4.40 Å². The van der Waals surface area contributed by atoms with Crippen molar-refractivity contribution in [3.05, 3.63) is 242 Å². The van der Waals surface area contributed by atoms with Gasteiger partial charge in [-0.2, -0.15) is 0 Å². The lowest BCUT2D eigenvalue weighted by atomic mass is 9.91. The minimum atomic E-state index is 0.291. The van der Waals surface area contributed by atoms with Gasteiger partial charge in [-0.25, -0.2) is 4.40 Å². The molecule has 10 aromatic carbocycles. The number of fused-ring (bicyclic) bond motifs is 10. The van der Waals surface area contributed by atoms with Crippen molar-refractivity contribution in [2.45, 2.75) is 0 Å². The first-order chi connectivity index (χ1) is 33.6. The highest BCUT2D eigenvalue weighted by atomic mass is 32.1. The number of furan rings is 1. The third-order valence-corrected chi connectivity index (χ3v) is 13.7. The highest BCUT2D eigenvalue weighted by Gasteiger charge is 2.28. The van der Waals surface area contributed by atoms with Crippen LogP contribution in [0.25, 0.3) is 98.8 Å². The number of nitrogens with zero attached hydrogens (tertiary/aromatic N) is 3. The molecule has 320 valence electrons. The zero-order valence-electron chi connectivity index (χ0n) is 36.6. The number of benzene rings is 10. The van der Waals surface area contributed by atoms with Gasteiger partial charge in [0.15, 0.2) is 0 Å². The Morgan fingerprint density at radius 2 is 1.09 bits per heavy atom. The summed E-state index contributed by atoms with van der Waals surface area (Å²) in [5, 5.41) is 19.3. The summed E-state index contributed by atoms with van der Waals surface area (Å²) in [6.07, 6.45) is 4.12. The third-order valence-electron chi connectivity index (χ3n) is 13.5. The van der Waals surface area contributed by atoms with Crippen molar-refractivity contribution < 1.29 is 4.42 Å². The number of thiol groups is 1. The quantitative estimate of drug-likeness (QED) is 0.124. The average Bonchev–Trinajstić information content (AvgIpc) is 3.96. The molecule has 0 amide bonds.